The second-order valence-electron chi connectivity index (χ2n) is 5.85. The third kappa shape index (κ3) is 5.25. The average Bonchev–Trinajstić information content (AvgIpc) is 2.70. The van der Waals surface area contributed by atoms with Gasteiger partial charge in [-0.3, -0.25) is 9.78 Å². The molecule has 3 rings (SSSR count). The molecule has 3 aromatic rings. The lowest BCUT2D eigenvalue weighted by Gasteiger charge is -2.04. The van der Waals surface area contributed by atoms with E-state index in [4.69, 9.17) is 16.3 Å². The van der Waals surface area contributed by atoms with E-state index in [1.165, 1.54) is 12.4 Å². The molecule has 0 bridgehead atoms. The first-order valence-electron chi connectivity index (χ1n) is 8.35. The highest BCUT2D eigenvalue weighted by atomic mass is 35.5. The number of nitrogens with zero attached hydrogens (tertiary/aromatic N) is 2. The Bertz CT molecular complexity index is 999. The maximum Gasteiger partial charge on any atom is 0.343 e. The van der Waals surface area contributed by atoms with Crippen molar-refractivity contribution >= 4 is 29.7 Å². The van der Waals surface area contributed by atoms with Gasteiger partial charge < -0.3 is 4.74 Å². The minimum atomic E-state index is -0.475. The minimum Gasteiger partial charge on any atom is -0.423 e. The van der Waals surface area contributed by atoms with Gasteiger partial charge >= 0.3 is 5.97 Å². The second kappa shape index (κ2) is 8.92. The van der Waals surface area contributed by atoms with Crippen molar-refractivity contribution in [2.24, 2.45) is 5.10 Å². The van der Waals surface area contributed by atoms with E-state index in [9.17, 15) is 9.59 Å². The molecule has 2 aromatic carbocycles. The molecule has 0 unspecified atom stereocenters. The minimum absolute atomic E-state index is 0.350. The summed E-state index contributed by atoms with van der Waals surface area (Å²) in [7, 11) is 0. The largest absolute Gasteiger partial charge is 0.423 e. The summed E-state index contributed by atoms with van der Waals surface area (Å²) in [6.07, 6.45) is 2.98. The Kier molecular flexibility index (Phi) is 6.14. The van der Waals surface area contributed by atoms with Crippen LogP contribution in [0.25, 0.3) is 0 Å². The zero-order valence-corrected chi connectivity index (χ0v) is 15.7. The predicted molar refractivity (Wildman–Crippen MR) is 107 cm³/mol. The molecule has 1 heterocycles. The van der Waals surface area contributed by atoms with Gasteiger partial charge in [-0.05, 0) is 73.2 Å². The van der Waals surface area contributed by atoms with E-state index >= 15 is 0 Å². The third-order valence-corrected chi connectivity index (χ3v) is 3.98. The molecule has 1 aromatic heterocycles. The fourth-order valence-electron chi connectivity index (χ4n) is 2.21. The molecule has 28 heavy (non-hydrogen) atoms. The molecule has 140 valence electrons. The summed E-state index contributed by atoms with van der Waals surface area (Å²) in [6.45, 7) is 1.84. The van der Waals surface area contributed by atoms with E-state index in [0.29, 0.717) is 21.9 Å². The van der Waals surface area contributed by atoms with E-state index in [0.717, 1.165) is 11.3 Å². The molecule has 0 aliphatic carbocycles. The van der Waals surface area contributed by atoms with Gasteiger partial charge in [0.2, 0.25) is 0 Å². The zero-order valence-electron chi connectivity index (χ0n) is 14.9. The van der Waals surface area contributed by atoms with Crippen molar-refractivity contribution in [2.75, 3.05) is 0 Å². The lowest BCUT2D eigenvalue weighted by atomic mass is 10.2. The van der Waals surface area contributed by atoms with Gasteiger partial charge in [-0.15, -0.1) is 0 Å². The van der Waals surface area contributed by atoms with Crippen LogP contribution in [0.1, 0.15) is 32.0 Å². The highest BCUT2D eigenvalue weighted by Crippen LogP contribution is 2.15. The molecule has 1 amide bonds. The van der Waals surface area contributed by atoms with E-state index in [1.54, 1.807) is 60.7 Å². The summed E-state index contributed by atoms with van der Waals surface area (Å²) in [5.41, 5.74) is 4.82. The Hall–Kier alpha value is -3.51. The number of halogens is 1. The van der Waals surface area contributed by atoms with Crippen molar-refractivity contribution in [1.82, 2.24) is 10.4 Å². The van der Waals surface area contributed by atoms with Crippen molar-refractivity contribution < 1.29 is 14.3 Å². The van der Waals surface area contributed by atoms with Crippen molar-refractivity contribution in [3.63, 3.8) is 0 Å². The van der Waals surface area contributed by atoms with Crippen molar-refractivity contribution in [1.29, 1.82) is 0 Å². The predicted octanol–water partition coefficient (Wildman–Crippen LogP) is 4.03. The smallest absolute Gasteiger partial charge is 0.343 e. The molecule has 0 radical (unpaired) electrons. The number of ether oxygens (including phenoxy) is 1. The first-order valence-corrected chi connectivity index (χ1v) is 8.73. The number of amides is 1. The Morgan fingerprint density at radius 2 is 1.68 bits per heavy atom. The molecule has 1 N–H and O–H groups in total. The number of rotatable bonds is 5. The number of pyridine rings is 1. The number of nitrogens with one attached hydrogen (secondary N) is 1. The van der Waals surface area contributed by atoms with Gasteiger partial charge in [0.1, 0.15) is 5.75 Å². The van der Waals surface area contributed by atoms with Crippen LogP contribution in [0.2, 0.25) is 5.02 Å². The number of benzene rings is 2. The van der Waals surface area contributed by atoms with Crippen LogP contribution in [0.4, 0.5) is 0 Å². The van der Waals surface area contributed by atoms with Gasteiger partial charge in [0, 0.05) is 16.9 Å². The molecule has 7 heteroatoms. The molecule has 0 spiro atoms. The summed E-state index contributed by atoms with van der Waals surface area (Å²) < 4.78 is 5.30. The molecular formula is C21H16ClN3O3. The van der Waals surface area contributed by atoms with Gasteiger partial charge in [0.05, 0.1) is 17.3 Å². The van der Waals surface area contributed by atoms with E-state index < -0.39 is 5.97 Å². The SMILES string of the molecule is Cc1ccc(C(=O)N/N=C\c2ccc(OC(=O)c3ccc(Cl)cc3)cc2)cn1. The van der Waals surface area contributed by atoms with Gasteiger partial charge in [-0.2, -0.15) is 5.10 Å². The molecule has 0 saturated heterocycles. The summed E-state index contributed by atoms with van der Waals surface area (Å²) in [5, 5.41) is 4.46. The highest BCUT2D eigenvalue weighted by molar-refractivity contribution is 6.30. The molecule has 0 saturated carbocycles. The summed E-state index contributed by atoms with van der Waals surface area (Å²) >= 11 is 5.80. The number of hydrogen-bond donors (Lipinski definition) is 1. The number of hydrazone groups is 1. The van der Waals surface area contributed by atoms with Crippen molar-refractivity contribution in [2.45, 2.75) is 6.92 Å². The topological polar surface area (TPSA) is 80.6 Å². The fourth-order valence-corrected chi connectivity index (χ4v) is 2.33. The van der Waals surface area contributed by atoms with Crippen LogP contribution >= 0.6 is 11.6 Å². The normalized spacial score (nSPS) is 10.6. The molecule has 0 aliphatic heterocycles. The van der Waals surface area contributed by atoms with Crippen LogP contribution in [-0.2, 0) is 0 Å². The summed E-state index contributed by atoms with van der Waals surface area (Å²) in [5.74, 6) is -0.429. The Balaban J connectivity index is 1.55. The first kappa shape index (κ1) is 19.3. The van der Waals surface area contributed by atoms with Gasteiger partial charge in [0.15, 0.2) is 0 Å². The molecule has 0 fully saturated rings. The number of aromatic nitrogens is 1. The highest BCUT2D eigenvalue weighted by Gasteiger charge is 2.08. The van der Waals surface area contributed by atoms with Crippen LogP contribution in [0.15, 0.2) is 72.0 Å². The summed E-state index contributed by atoms with van der Waals surface area (Å²) in [6, 6.07) is 16.6. The number of carbonyl (C=O) groups is 2. The van der Waals surface area contributed by atoms with Crippen LogP contribution in [0.3, 0.4) is 0 Å². The monoisotopic (exact) mass is 393 g/mol. The molecule has 0 aliphatic rings. The van der Waals surface area contributed by atoms with Crippen molar-refractivity contribution in [3.8, 4) is 5.75 Å². The van der Waals surface area contributed by atoms with Crippen LogP contribution in [0, 0.1) is 6.92 Å². The second-order valence-corrected chi connectivity index (χ2v) is 6.29. The lowest BCUT2D eigenvalue weighted by Crippen LogP contribution is -2.17. The molecule has 6 nitrogen and oxygen atoms in total. The average molecular weight is 394 g/mol. The van der Waals surface area contributed by atoms with Crippen LogP contribution in [-0.4, -0.2) is 23.1 Å². The number of aryl methyl sites for hydroxylation is 1. The van der Waals surface area contributed by atoms with Crippen LogP contribution < -0.4 is 10.2 Å². The quantitative estimate of drug-likeness (QED) is 0.307. The Morgan fingerprint density at radius 3 is 2.32 bits per heavy atom. The van der Waals surface area contributed by atoms with E-state index in [-0.39, 0.29) is 5.91 Å². The Morgan fingerprint density at radius 1 is 1.00 bits per heavy atom. The first-order chi connectivity index (χ1) is 13.5. The number of hydrogen-bond acceptors (Lipinski definition) is 5. The maximum absolute atomic E-state index is 12.1. The summed E-state index contributed by atoms with van der Waals surface area (Å²) in [4.78, 5) is 28.1. The van der Waals surface area contributed by atoms with Crippen molar-refractivity contribution in [3.05, 3.63) is 94.3 Å². The Labute approximate surface area is 166 Å². The third-order valence-electron chi connectivity index (χ3n) is 3.72. The van der Waals surface area contributed by atoms with Gasteiger partial charge in [0.25, 0.3) is 5.91 Å². The van der Waals surface area contributed by atoms with Gasteiger partial charge in [-0.25, -0.2) is 10.2 Å². The molecular weight excluding hydrogens is 378 g/mol. The van der Waals surface area contributed by atoms with E-state index in [1.807, 2.05) is 6.92 Å². The zero-order chi connectivity index (χ0) is 19.9. The number of carbonyl (C=O) groups excluding carboxylic acids is 2. The maximum atomic E-state index is 12.1. The lowest BCUT2D eigenvalue weighted by molar-refractivity contribution is 0.0734. The fraction of sp³-hybridized carbons (Fsp3) is 0.0476. The molecule has 0 atom stereocenters. The van der Waals surface area contributed by atoms with Gasteiger partial charge in [-0.1, -0.05) is 11.6 Å². The van der Waals surface area contributed by atoms with E-state index in [2.05, 4.69) is 15.5 Å². The number of esters is 1. The van der Waals surface area contributed by atoms with Crippen LogP contribution in [0.5, 0.6) is 5.75 Å². The standard InChI is InChI=1S/C21H16ClN3O3/c1-14-2-5-17(13-23-14)20(26)25-24-12-15-3-10-19(11-4-15)28-21(27)16-6-8-18(22)9-7-16/h2-13H,1H3,(H,25,26)/b24-12-.